The highest BCUT2D eigenvalue weighted by molar-refractivity contribution is 5.94. The highest BCUT2D eigenvalue weighted by Gasteiger charge is 2.11. The Morgan fingerprint density at radius 1 is 1.24 bits per heavy atom. The van der Waals surface area contributed by atoms with Crippen LogP contribution in [0.15, 0.2) is 24.3 Å². The monoisotopic (exact) mass is 289 g/mol. The zero-order valence-electron chi connectivity index (χ0n) is 12.6. The molecule has 1 heterocycles. The first-order chi connectivity index (χ1) is 10.0. The van der Waals surface area contributed by atoms with Crippen molar-refractivity contribution in [1.82, 2.24) is 15.1 Å². The van der Waals surface area contributed by atoms with Crippen LogP contribution >= 0.6 is 0 Å². The largest absolute Gasteiger partial charge is 0.493 e. The van der Waals surface area contributed by atoms with Crippen molar-refractivity contribution < 1.29 is 14.3 Å². The molecule has 1 amide bonds. The van der Waals surface area contributed by atoms with E-state index in [1.54, 1.807) is 30.0 Å². The third-order valence-electron chi connectivity index (χ3n) is 3.24. The van der Waals surface area contributed by atoms with E-state index in [0.717, 1.165) is 11.4 Å². The zero-order valence-corrected chi connectivity index (χ0v) is 12.6. The lowest BCUT2D eigenvalue weighted by atomic mass is 10.2. The number of carbonyl (C=O) groups excluding carboxylic acids is 1. The summed E-state index contributed by atoms with van der Waals surface area (Å²) in [5.74, 6) is 0.937. The second-order valence-electron chi connectivity index (χ2n) is 4.65. The van der Waals surface area contributed by atoms with E-state index in [2.05, 4.69) is 10.4 Å². The molecule has 0 atom stereocenters. The summed E-state index contributed by atoms with van der Waals surface area (Å²) in [5, 5.41) is 7.13. The van der Waals surface area contributed by atoms with Crippen molar-refractivity contribution in [2.45, 2.75) is 13.5 Å². The molecule has 0 saturated carbocycles. The van der Waals surface area contributed by atoms with Gasteiger partial charge in [-0.15, -0.1) is 0 Å². The Labute approximate surface area is 123 Å². The molecule has 0 aliphatic rings. The number of hydrogen-bond acceptors (Lipinski definition) is 4. The van der Waals surface area contributed by atoms with Crippen LogP contribution in [0.2, 0.25) is 0 Å². The van der Waals surface area contributed by atoms with E-state index in [1.807, 2.05) is 20.0 Å². The fourth-order valence-corrected chi connectivity index (χ4v) is 1.97. The molecule has 1 aromatic heterocycles. The molecule has 1 N–H and O–H groups in total. The molecule has 0 aliphatic heterocycles. The molecule has 2 rings (SSSR count). The Kier molecular flexibility index (Phi) is 4.47. The molecular formula is C15H19N3O3. The Balaban J connectivity index is 2.06. The Morgan fingerprint density at radius 3 is 2.52 bits per heavy atom. The molecule has 112 valence electrons. The number of amides is 1. The quantitative estimate of drug-likeness (QED) is 0.909. The highest BCUT2D eigenvalue weighted by Crippen LogP contribution is 2.27. The zero-order chi connectivity index (χ0) is 15.4. The molecule has 1 aromatic carbocycles. The van der Waals surface area contributed by atoms with Gasteiger partial charge in [-0.25, -0.2) is 0 Å². The van der Waals surface area contributed by atoms with Gasteiger partial charge in [0.25, 0.3) is 5.91 Å². The topological polar surface area (TPSA) is 65.4 Å². The highest BCUT2D eigenvalue weighted by atomic mass is 16.5. The van der Waals surface area contributed by atoms with Crippen LogP contribution in [0.3, 0.4) is 0 Å². The third kappa shape index (κ3) is 3.34. The van der Waals surface area contributed by atoms with Crippen molar-refractivity contribution in [2.75, 3.05) is 14.2 Å². The van der Waals surface area contributed by atoms with E-state index in [1.165, 1.54) is 7.11 Å². The summed E-state index contributed by atoms with van der Waals surface area (Å²) in [6, 6.07) is 6.99. The average molecular weight is 289 g/mol. The van der Waals surface area contributed by atoms with Crippen LogP contribution in [0.25, 0.3) is 0 Å². The van der Waals surface area contributed by atoms with Crippen molar-refractivity contribution in [3.63, 3.8) is 0 Å². The summed E-state index contributed by atoms with van der Waals surface area (Å²) in [6.07, 6.45) is 0. The number of hydrogen-bond donors (Lipinski definition) is 1. The van der Waals surface area contributed by atoms with Gasteiger partial charge in [0.1, 0.15) is 0 Å². The Morgan fingerprint density at radius 2 is 1.95 bits per heavy atom. The number of benzene rings is 1. The number of ether oxygens (including phenoxy) is 2. The van der Waals surface area contributed by atoms with Crippen LogP contribution in [0, 0.1) is 6.92 Å². The molecule has 0 bridgehead atoms. The van der Waals surface area contributed by atoms with E-state index in [-0.39, 0.29) is 5.91 Å². The van der Waals surface area contributed by atoms with Gasteiger partial charge in [0, 0.05) is 18.3 Å². The molecule has 0 radical (unpaired) electrons. The van der Waals surface area contributed by atoms with Crippen molar-refractivity contribution in [3.05, 3.63) is 41.2 Å². The fraction of sp³-hybridized carbons (Fsp3) is 0.333. The van der Waals surface area contributed by atoms with E-state index < -0.39 is 0 Å². The van der Waals surface area contributed by atoms with Gasteiger partial charge in [0.2, 0.25) is 0 Å². The summed E-state index contributed by atoms with van der Waals surface area (Å²) in [5.41, 5.74) is 2.38. The average Bonchev–Trinajstić information content (AvgIpc) is 2.82. The predicted molar refractivity (Wildman–Crippen MR) is 78.7 cm³/mol. The number of rotatable bonds is 5. The molecular weight excluding hydrogens is 270 g/mol. The van der Waals surface area contributed by atoms with Crippen molar-refractivity contribution in [3.8, 4) is 11.5 Å². The van der Waals surface area contributed by atoms with E-state index in [9.17, 15) is 4.79 Å². The SMILES string of the molecule is COc1ccc(C(=O)NCc2cc(C)n(C)n2)cc1OC. The molecule has 6 heteroatoms. The molecule has 0 fully saturated rings. The van der Waals surface area contributed by atoms with E-state index in [0.29, 0.717) is 23.6 Å². The predicted octanol–water partition coefficient (Wildman–Crippen LogP) is 1.68. The first-order valence-electron chi connectivity index (χ1n) is 6.55. The number of nitrogens with one attached hydrogen (secondary N) is 1. The Bertz CT molecular complexity index is 630. The molecule has 0 aliphatic carbocycles. The molecule has 0 saturated heterocycles. The Hall–Kier alpha value is -2.50. The summed E-state index contributed by atoms with van der Waals surface area (Å²) in [6.45, 7) is 2.35. The van der Waals surface area contributed by atoms with Gasteiger partial charge >= 0.3 is 0 Å². The number of methoxy groups -OCH3 is 2. The number of aryl methyl sites for hydroxylation is 2. The van der Waals surface area contributed by atoms with Crippen LogP contribution in [0.1, 0.15) is 21.7 Å². The summed E-state index contributed by atoms with van der Waals surface area (Å²) >= 11 is 0. The molecule has 0 spiro atoms. The molecule has 2 aromatic rings. The summed E-state index contributed by atoms with van der Waals surface area (Å²) < 4.78 is 12.1. The maximum atomic E-state index is 12.1. The van der Waals surface area contributed by atoms with E-state index >= 15 is 0 Å². The summed E-state index contributed by atoms with van der Waals surface area (Å²) in [4.78, 5) is 12.1. The molecule has 6 nitrogen and oxygen atoms in total. The van der Waals surface area contributed by atoms with Gasteiger partial charge in [-0.1, -0.05) is 0 Å². The van der Waals surface area contributed by atoms with E-state index in [4.69, 9.17) is 9.47 Å². The molecule has 0 unspecified atom stereocenters. The number of nitrogens with zero attached hydrogens (tertiary/aromatic N) is 2. The van der Waals surface area contributed by atoms with Crippen molar-refractivity contribution in [2.24, 2.45) is 7.05 Å². The standard InChI is InChI=1S/C15H19N3O3/c1-10-7-12(17-18(10)2)9-16-15(19)11-5-6-13(20-3)14(8-11)21-4/h5-8H,9H2,1-4H3,(H,16,19). The van der Waals surface area contributed by atoms with Gasteiger partial charge in [-0.05, 0) is 31.2 Å². The minimum atomic E-state index is -0.181. The van der Waals surface area contributed by atoms with Gasteiger partial charge in [-0.2, -0.15) is 5.10 Å². The lowest BCUT2D eigenvalue weighted by molar-refractivity contribution is 0.0950. The van der Waals surface area contributed by atoms with Crippen molar-refractivity contribution in [1.29, 1.82) is 0 Å². The van der Waals surface area contributed by atoms with Crippen LogP contribution in [0.5, 0.6) is 11.5 Å². The van der Waals surface area contributed by atoms with Gasteiger partial charge in [0.15, 0.2) is 11.5 Å². The first-order valence-corrected chi connectivity index (χ1v) is 6.55. The molecule has 21 heavy (non-hydrogen) atoms. The third-order valence-corrected chi connectivity index (χ3v) is 3.24. The van der Waals surface area contributed by atoms with Crippen LogP contribution in [0.4, 0.5) is 0 Å². The fourth-order valence-electron chi connectivity index (χ4n) is 1.97. The first kappa shape index (κ1) is 14.9. The smallest absolute Gasteiger partial charge is 0.251 e. The lowest BCUT2D eigenvalue weighted by Gasteiger charge is -2.09. The number of aromatic nitrogens is 2. The van der Waals surface area contributed by atoms with Crippen LogP contribution < -0.4 is 14.8 Å². The minimum absolute atomic E-state index is 0.181. The summed E-state index contributed by atoms with van der Waals surface area (Å²) in [7, 11) is 4.96. The minimum Gasteiger partial charge on any atom is -0.493 e. The van der Waals surface area contributed by atoms with Gasteiger partial charge in [0.05, 0.1) is 26.5 Å². The van der Waals surface area contributed by atoms with Gasteiger partial charge < -0.3 is 14.8 Å². The second kappa shape index (κ2) is 6.30. The lowest BCUT2D eigenvalue weighted by Crippen LogP contribution is -2.23. The van der Waals surface area contributed by atoms with Crippen LogP contribution in [-0.4, -0.2) is 29.9 Å². The normalized spacial score (nSPS) is 10.3. The maximum Gasteiger partial charge on any atom is 0.251 e. The number of carbonyl (C=O) groups is 1. The maximum absolute atomic E-state index is 12.1. The second-order valence-corrected chi connectivity index (χ2v) is 4.65. The van der Waals surface area contributed by atoms with Crippen LogP contribution in [-0.2, 0) is 13.6 Å². The van der Waals surface area contributed by atoms with Gasteiger partial charge in [-0.3, -0.25) is 9.48 Å². The van der Waals surface area contributed by atoms with Crippen molar-refractivity contribution >= 4 is 5.91 Å².